The molecule has 0 radical (unpaired) electrons. The first kappa shape index (κ1) is 91.9. The Morgan fingerprint density at radius 2 is 0.873 bits per heavy atom. The standard InChI is InChI=1S/2C13H27N3P.2C11H21N2.C6H13N2.C5H11N.5U/c1-17(14-8-2-3-9-14,15-10-4-5-11-15)16-12-6-7-13-16;1-8-14(9-2)17(7,15(10-3)11-4)16(12-5)13-6;1-11(13-8-4-5-9-13)10-12-6-2-3-7-12;1-6-12(7-2)10-11(5)13(8-3)9-4;1-6-7(2)4-5-8(6)3;1-5(2)6(3)4;;;;;/h2-13H2,1H3;1-6,8-13H2,7H3;2-10H2,1H3;1-4,6-10H2,5H3;4-5H2,1-3H3;1H2,2-4H3;;;;;/q+1;-5;+1;-3;+1;;5*+2. The molecule has 5 saturated heterocycles. The number of amidine groups is 1. The van der Waals surface area contributed by atoms with Crippen LogP contribution in [0.3, 0.4) is 0 Å². The Morgan fingerprint density at radius 1 is 0.544 bits per heavy atom. The zero-order valence-corrected chi connectivity index (χ0v) is 75.6. The molecule has 0 saturated carbocycles. The minimum atomic E-state index is -1.67. The summed E-state index contributed by atoms with van der Waals surface area (Å²) < 4.78 is 22.5. The molecule has 13 nitrogen and oxygen atoms in total. The van der Waals surface area contributed by atoms with Crippen molar-refractivity contribution in [2.24, 2.45) is 0 Å². The number of hydrogen-bond acceptors (Lipinski definition) is 10. The SMILES string of the molecule is C=C(C)N(C)C.CC(CN1CCCC1)=[N+]1CCCC1.CC1=[N+](C)CCN1C.C[P+](N1CCCC1)(N1CCCC1)N1CCCC1.[CH2-]CN(C[CH2-])CC(C)=[N+](C[CH2-])C[CH2-].[CH2-]CN(C[CH2-])[P+](C)(N(C[CH2-])C[CH2-])N(C[CH2-])C[CH2-].[U+2].[U+2].[U+2].[U+2].[U+2]. The van der Waals surface area contributed by atoms with E-state index in [1.54, 1.807) is 5.71 Å². The van der Waals surface area contributed by atoms with Gasteiger partial charge >= 0.3 is 156 Å². The number of rotatable bonds is 21. The first-order chi connectivity index (χ1) is 35.3. The summed E-state index contributed by atoms with van der Waals surface area (Å²) in [6.07, 6.45) is 14.2. The van der Waals surface area contributed by atoms with Crippen molar-refractivity contribution in [2.75, 3.05) is 199 Å². The van der Waals surface area contributed by atoms with E-state index in [1.807, 2.05) is 25.9 Å². The van der Waals surface area contributed by atoms with Crippen molar-refractivity contribution in [3.63, 3.8) is 0 Å². The normalized spacial score (nSPS) is 17.6. The second kappa shape index (κ2) is 52.9. The van der Waals surface area contributed by atoms with Gasteiger partial charge in [-0.1, -0.05) is 45.8 Å². The van der Waals surface area contributed by atoms with E-state index >= 15 is 0 Å². The van der Waals surface area contributed by atoms with Crippen LogP contribution in [0.1, 0.15) is 91.9 Å². The molecule has 6 aliphatic heterocycles. The Hall–Kier alpha value is 4.15. The van der Waals surface area contributed by atoms with Crippen LogP contribution in [0.2, 0.25) is 0 Å². The number of hydrogen-bond donors (Lipinski definition) is 0. The van der Waals surface area contributed by atoms with Crippen LogP contribution in [0, 0.1) is 225 Å². The molecule has 0 aliphatic carbocycles. The number of likely N-dealkylation sites (tertiary alicyclic amines) is 1. The summed E-state index contributed by atoms with van der Waals surface area (Å²) in [7, 11) is 5.41. The fraction of sp³-hybridized carbons (Fsp3) is 0.746. The van der Waals surface area contributed by atoms with Crippen LogP contribution in [0.25, 0.3) is 0 Å². The van der Waals surface area contributed by atoms with E-state index < -0.39 is 15.4 Å². The Bertz CT molecular complexity index is 1480. The molecule has 0 amide bonds. The quantitative estimate of drug-likeness (QED) is 0.0485. The van der Waals surface area contributed by atoms with Gasteiger partial charge in [-0.2, -0.15) is 0 Å². The van der Waals surface area contributed by atoms with Gasteiger partial charge in [0, 0.05) is 106 Å². The second-order valence-electron chi connectivity index (χ2n) is 21.0. The zero-order valence-electron chi connectivity index (χ0n) is 53.0. The van der Waals surface area contributed by atoms with Crippen LogP contribution in [0.4, 0.5) is 0 Å². The molecular formula is C59H120N13P2U5+5. The van der Waals surface area contributed by atoms with Crippen molar-refractivity contribution in [1.82, 2.24) is 47.6 Å². The molecule has 6 rings (SSSR count). The minimum absolute atomic E-state index is 0. The molecule has 6 heterocycles. The maximum atomic E-state index is 4.00. The third kappa shape index (κ3) is 32.1. The van der Waals surface area contributed by atoms with Gasteiger partial charge in [0.2, 0.25) is 21.3 Å². The average molecular weight is 2260 g/mol. The van der Waals surface area contributed by atoms with E-state index in [0.29, 0.717) is 0 Å². The van der Waals surface area contributed by atoms with Crippen LogP contribution in [0.5, 0.6) is 0 Å². The van der Waals surface area contributed by atoms with Gasteiger partial charge in [-0.25, -0.2) is 18.6 Å². The van der Waals surface area contributed by atoms with Crippen molar-refractivity contribution in [1.29, 1.82) is 0 Å². The van der Waals surface area contributed by atoms with E-state index in [4.69, 9.17) is 0 Å². The summed E-state index contributed by atoms with van der Waals surface area (Å²) in [4.78, 5) is 9.00. The number of allylic oxidation sites excluding steroid dienone is 1. The fourth-order valence-electron chi connectivity index (χ4n) is 10.3. The van der Waals surface area contributed by atoms with Crippen molar-refractivity contribution in [2.45, 2.75) is 91.9 Å². The van der Waals surface area contributed by atoms with Crippen LogP contribution in [-0.2, 0) is 0 Å². The molecule has 79 heavy (non-hydrogen) atoms. The molecular weight excluding hydrogens is 2140 g/mol. The van der Waals surface area contributed by atoms with Crippen molar-refractivity contribution in [3.8, 4) is 0 Å². The molecule has 6 aliphatic rings. The molecule has 0 spiro atoms. The first-order valence-corrected chi connectivity index (χ1v) is 32.8. The summed E-state index contributed by atoms with van der Waals surface area (Å²) in [5.74, 6) is 1.38. The molecule has 20 heteroatoms. The molecule has 5 fully saturated rings. The van der Waals surface area contributed by atoms with Gasteiger partial charge in [0.05, 0.1) is 40.5 Å². The fourth-order valence-corrected chi connectivity index (χ4v) is 17.9. The first-order valence-electron chi connectivity index (χ1n) is 28.7. The van der Waals surface area contributed by atoms with Crippen LogP contribution in [0.15, 0.2) is 12.3 Å². The van der Waals surface area contributed by atoms with Gasteiger partial charge in [-0.15, -0.1) is 27.1 Å². The summed E-state index contributed by atoms with van der Waals surface area (Å²) >= 11 is 0. The molecule has 0 N–H and O–H groups in total. The largest absolute Gasteiger partial charge is 2.00 e. The Labute approximate surface area is 613 Å². The molecule has 0 aromatic rings. The molecule has 0 aromatic carbocycles. The van der Waals surface area contributed by atoms with Gasteiger partial charge in [0.25, 0.3) is 0 Å². The van der Waals surface area contributed by atoms with E-state index in [-0.39, 0.29) is 156 Å². The minimum Gasteiger partial charge on any atom is -0.382 e. The van der Waals surface area contributed by atoms with Gasteiger partial charge in [-0.3, -0.25) is 32.8 Å². The zero-order chi connectivity index (χ0) is 55.9. The van der Waals surface area contributed by atoms with Crippen LogP contribution >= 0.6 is 15.4 Å². The van der Waals surface area contributed by atoms with Crippen LogP contribution < -0.4 is 0 Å². The molecule has 0 aromatic heterocycles. The number of likely N-dealkylation sites (N-methyl/N-ethyl adjacent to an activating group) is 2. The topological polar surface area (TPSA) is 41.4 Å². The van der Waals surface area contributed by atoms with Gasteiger partial charge in [0.15, 0.2) is 11.4 Å². The van der Waals surface area contributed by atoms with Gasteiger partial charge in [0.1, 0.15) is 26.2 Å². The summed E-state index contributed by atoms with van der Waals surface area (Å²) in [6.45, 7) is 81.9. The van der Waals surface area contributed by atoms with Crippen LogP contribution in [-0.4, -0.2) is 277 Å². The predicted molar refractivity (Wildman–Crippen MR) is 332 cm³/mol. The third-order valence-corrected chi connectivity index (χ3v) is 24.9. The molecule has 0 atom stereocenters. The number of nitrogens with zero attached hydrogens (tertiary/aromatic N) is 13. The van der Waals surface area contributed by atoms with E-state index in [9.17, 15) is 0 Å². The third-order valence-electron chi connectivity index (χ3n) is 16.1. The van der Waals surface area contributed by atoms with Gasteiger partial charge in [-0.05, 0) is 71.4 Å². The second-order valence-corrected chi connectivity index (χ2v) is 27.9. The molecule has 0 bridgehead atoms. The van der Waals surface area contributed by atoms with Crippen molar-refractivity contribution >= 4 is 32.7 Å². The summed E-state index contributed by atoms with van der Waals surface area (Å²) in [5.41, 5.74) is 3.98. The molecule has 446 valence electrons. The van der Waals surface area contributed by atoms with E-state index in [0.717, 1.165) is 77.7 Å². The summed E-state index contributed by atoms with van der Waals surface area (Å²) in [5, 5.41) is 0. The maximum absolute atomic E-state index is 4.00. The van der Waals surface area contributed by atoms with Gasteiger partial charge < -0.3 is 65.2 Å². The Morgan fingerprint density at radius 3 is 1.11 bits per heavy atom. The molecule has 0 unspecified atom stereocenters. The smallest absolute Gasteiger partial charge is 0.382 e. The van der Waals surface area contributed by atoms with E-state index in [1.165, 1.54) is 161 Å². The van der Waals surface area contributed by atoms with E-state index in [2.05, 4.69) is 180 Å². The Kier molecular flexibility index (Phi) is 61.5. The average Bonchev–Trinajstić information content (AvgIpc) is 4.26. The predicted octanol–water partition coefficient (Wildman–Crippen LogP) is 8.48. The Balaban J connectivity index is -0.000000281. The monoisotopic (exact) mass is 2260 g/mol. The maximum Gasteiger partial charge on any atom is 2.00 e. The summed E-state index contributed by atoms with van der Waals surface area (Å²) in [6, 6.07) is 0. The van der Waals surface area contributed by atoms with Crippen molar-refractivity contribution < 1.29 is 169 Å². The van der Waals surface area contributed by atoms with Crippen molar-refractivity contribution in [3.05, 3.63) is 81.5 Å².